The van der Waals surface area contributed by atoms with Gasteiger partial charge >= 0.3 is 0 Å². The largest absolute Gasteiger partial charge is 0.486 e. The average Bonchev–Trinajstić information content (AvgIpc) is 2.75. The Morgan fingerprint density at radius 2 is 1.84 bits per heavy atom. The Bertz CT molecular complexity index is 1010. The van der Waals surface area contributed by atoms with E-state index in [0.717, 1.165) is 12.8 Å². The van der Waals surface area contributed by atoms with Crippen molar-refractivity contribution < 1.29 is 31.1 Å². The van der Waals surface area contributed by atoms with E-state index >= 15 is 0 Å². The van der Waals surface area contributed by atoms with Crippen LogP contribution in [0.2, 0.25) is 0 Å². The number of benzene rings is 1. The Balaban J connectivity index is 1.33. The van der Waals surface area contributed by atoms with Crippen LogP contribution in [0, 0.1) is 0 Å². The van der Waals surface area contributed by atoms with E-state index in [9.17, 15) is 21.6 Å². The van der Waals surface area contributed by atoms with E-state index in [1.807, 2.05) is 0 Å². The highest BCUT2D eigenvalue weighted by molar-refractivity contribution is 7.89. The quantitative estimate of drug-likeness (QED) is 0.466. The van der Waals surface area contributed by atoms with Gasteiger partial charge in [0.25, 0.3) is 0 Å². The van der Waals surface area contributed by atoms with Gasteiger partial charge < -0.3 is 14.8 Å². The van der Waals surface area contributed by atoms with Crippen molar-refractivity contribution >= 4 is 26.0 Å². The lowest BCUT2D eigenvalue weighted by atomic mass is 10.1. The van der Waals surface area contributed by atoms with Gasteiger partial charge in [-0.3, -0.25) is 4.79 Å². The summed E-state index contributed by atoms with van der Waals surface area (Å²) in [4.78, 5) is 12.3. The number of rotatable bonds is 10. The molecule has 12 heteroatoms. The Morgan fingerprint density at radius 3 is 2.59 bits per heavy atom. The number of amides is 1. The van der Waals surface area contributed by atoms with Crippen molar-refractivity contribution in [2.24, 2.45) is 0 Å². The minimum atomic E-state index is -3.65. The summed E-state index contributed by atoms with van der Waals surface area (Å²) >= 11 is 0. The second kappa shape index (κ2) is 10.8. The first kappa shape index (κ1) is 24.7. The molecular formula is C20H31N3O7S2. The highest BCUT2D eigenvalue weighted by Gasteiger charge is 2.26. The second-order valence-corrected chi connectivity index (χ2v) is 11.8. The maximum atomic E-state index is 12.5. The molecule has 0 radical (unpaired) electrons. The summed E-state index contributed by atoms with van der Waals surface area (Å²) in [5.41, 5.74) is 0. The fourth-order valence-electron chi connectivity index (χ4n) is 3.73. The van der Waals surface area contributed by atoms with E-state index in [1.54, 1.807) is 6.07 Å². The van der Waals surface area contributed by atoms with E-state index in [-0.39, 0.29) is 23.4 Å². The molecule has 1 aromatic rings. The zero-order valence-electron chi connectivity index (χ0n) is 18.2. The first-order valence-corrected chi connectivity index (χ1v) is 14.1. The van der Waals surface area contributed by atoms with E-state index < -0.39 is 20.0 Å². The van der Waals surface area contributed by atoms with Gasteiger partial charge in [-0.25, -0.2) is 25.9 Å². The minimum Gasteiger partial charge on any atom is -0.486 e. The lowest BCUT2D eigenvalue weighted by Gasteiger charge is -2.31. The van der Waals surface area contributed by atoms with Crippen LogP contribution < -0.4 is 19.5 Å². The molecule has 1 fully saturated rings. The molecule has 180 valence electrons. The molecule has 0 bridgehead atoms. The number of fused-ring (bicyclic) bond motifs is 1. The van der Waals surface area contributed by atoms with Crippen LogP contribution in [-0.4, -0.2) is 72.2 Å². The Morgan fingerprint density at radius 1 is 1.09 bits per heavy atom. The van der Waals surface area contributed by atoms with Crippen molar-refractivity contribution in [3.8, 4) is 11.5 Å². The highest BCUT2D eigenvalue weighted by Crippen LogP contribution is 2.32. The highest BCUT2D eigenvalue weighted by atomic mass is 32.2. The number of nitrogens with one attached hydrogen (secondary N) is 2. The summed E-state index contributed by atoms with van der Waals surface area (Å²) < 4.78 is 63.0. The van der Waals surface area contributed by atoms with Gasteiger partial charge in [-0.15, -0.1) is 0 Å². The fraction of sp³-hybridized carbons (Fsp3) is 0.650. The molecule has 0 spiro atoms. The SMILES string of the molecule is CS(=O)(=O)N1CCCC(NC(=O)CCCCCNS(=O)(=O)c2ccc3c(c2)OCCO3)C1. The first-order chi connectivity index (χ1) is 15.1. The lowest BCUT2D eigenvalue weighted by molar-refractivity contribution is -0.122. The molecule has 1 saturated heterocycles. The molecule has 1 amide bonds. The second-order valence-electron chi connectivity index (χ2n) is 8.04. The van der Waals surface area contributed by atoms with E-state index in [1.165, 1.54) is 22.7 Å². The van der Waals surface area contributed by atoms with Crippen LogP contribution in [0.1, 0.15) is 38.5 Å². The molecule has 0 aliphatic carbocycles. The van der Waals surface area contributed by atoms with Crippen molar-refractivity contribution in [2.75, 3.05) is 39.1 Å². The van der Waals surface area contributed by atoms with Crippen LogP contribution in [0.5, 0.6) is 11.5 Å². The summed E-state index contributed by atoms with van der Waals surface area (Å²) in [6.07, 6.45) is 4.91. The van der Waals surface area contributed by atoms with Crippen LogP contribution in [0.3, 0.4) is 0 Å². The maximum absolute atomic E-state index is 12.5. The van der Waals surface area contributed by atoms with E-state index in [0.29, 0.717) is 63.5 Å². The Kier molecular flexibility index (Phi) is 8.37. The molecule has 1 aromatic carbocycles. The summed E-state index contributed by atoms with van der Waals surface area (Å²) in [7, 11) is -6.90. The first-order valence-electron chi connectivity index (χ1n) is 10.8. The number of ether oxygens (including phenoxy) is 2. The standard InChI is InChI=1S/C20H31N3O7S2/c1-31(25,26)23-11-5-6-16(15-23)22-20(24)7-3-2-4-10-21-32(27,28)17-8-9-18-19(14-17)30-13-12-29-18/h8-9,14,16,21H,2-7,10-13,15H2,1H3,(H,22,24). The van der Waals surface area contributed by atoms with Crippen LogP contribution in [0.15, 0.2) is 23.1 Å². The number of nitrogens with zero attached hydrogens (tertiary/aromatic N) is 1. The number of carbonyl (C=O) groups is 1. The van der Waals surface area contributed by atoms with Crippen LogP contribution in [-0.2, 0) is 24.8 Å². The predicted molar refractivity (Wildman–Crippen MR) is 119 cm³/mol. The molecule has 10 nitrogen and oxygen atoms in total. The topological polar surface area (TPSA) is 131 Å². The molecule has 2 aliphatic rings. The van der Waals surface area contributed by atoms with Crippen molar-refractivity contribution in [3.63, 3.8) is 0 Å². The normalized spacial score (nSPS) is 19.5. The molecule has 0 aromatic heterocycles. The molecule has 1 unspecified atom stereocenters. The van der Waals surface area contributed by atoms with Gasteiger partial charge in [-0.1, -0.05) is 6.42 Å². The molecule has 2 N–H and O–H groups in total. The maximum Gasteiger partial charge on any atom is 0.240 e. The van der Waals surface area contributed by atoms with Crippen molar-refractivity contribution in [2.45, 2.75) is 49.5 Å². The molecule has 3 rings (SSSR count). The minimum absolute atomic E-state index is 0.109. The summed E-state index contributed by atoms with van der Waals surface area (Å²) in [6, 6.07) is 4.36. The van der Waals surface area contributed by atoms with Crippen LogP contribution in [0.4, 0.5) is 0 Å². The third-order valence-corrected chi connectivity index (χ3v) is 8.14. The zero-order chi connectivity index (χ0) is 23.2. The number of sulfonamides is 2. The van der Waals surface area contributed by atoms with Gasteiger partial charge in [0, 0.05) is 38.2 Å². The van der Waals surface area contributed by atoms with E-state index in [4.69, 9.17) is 9.47 Å². The molecule has 2 heterocycles. The zero-order valence-corrected chi connectivity index (χ0v) is 19.8. The Labute approximate surface area is 189 Å². The van der Waals surface area contributed by atoms with Crippen LogP contribution in [0.25, 0.3) is 0 Å². The average molecular weight is 490 g/mol. The van der Waals surface area contributed by atoms with Gasteiger partial charge in [-0.2, -0.15) is 0 Å². The van der Waals surface area contributed by atoms with Gasteiger partial charge in [0.15, 0.2) is 11.5 Å². The van der Waals surface area contributed by atoms with Crippen LogP contribution >= 0.6 is 0 Å². The third-order valence-electron chi connectivity index (χ3n) is 5.41. The number of carbonyl (C=O) groups excluding carboxylic acids is 1. The van der Waals surface area contributed by atoms with Gasteiger partial charge in [0.1, 0.15) is 13.2 Å². The summed E-state index contributed by atoms with van der Waals surface area (Å²) in [5.74, 6) is 0.843. The fourth-order valence-corrected chi connectivity index (χ4v) is 5.73. The molecule has 32 heavy (non-hydrogen) atoms. The third kappa shape index (κ3) is 7.06. The van der Waals surface area contributed by atoms with E-state index in [2.05, 4.69) is 10.0 Å². The molecule has 2 aliphatic heterocycles. The van der Waals surface area contributed by atoms with Crippen molar-refractivity contribution in [3.05, 3.63) is 18.2 Å². The number of hydrogen-bond acceptors (Lipinski definition) is 7. The van der Waals surface area contributed by atoms with Gasteiger partial charge in [0.2, 0.25) is 26.0 Å². The number of piperidine rings is 1. The number of hydrogen-bond donors (Lipinski definition) is 2. The molecular weight excluding hydrogens is 458 g/mol. The van der Waals surface area contributed by atoms with Crippen molar-refractivity contribution in [1.29, 1.82) is 0 Å². The predicted octanol–water partition coefficient (Wildman–Crippen LogP) is 0.837. The smallest absolute Gasteiger partial charge is 0.240 e. The van der Waals surface area contributed by atoms with Gasteiger partial charge in [0.05, 0.1) is 11.2 Å². The monoisotopic (exact) mass is 489 g/mol. The Hall–Kier alpha value is -1.89. The lowest BCUT2D eigenvalue weighted by Crippen LogP contribution is -2.49. The summed E-state index contributed by atoms with van der Waals surface area (Å²) in [6.45, 7) is 1.90. The molecule has 0 saturated carbocycles. The number of unbranched alkanes of at least 4 members (excludes halogenated alkanes) is 2. The van der Waals surface area contributed by atoms with Crippen molar-refractivity contribution in [1.82, 2.24) is 14.3 Å². The molecule has 1 atom stereocenters. The van der Waals surface area contributed by atoms with Gasteiger partial charge in [-0.05, 0) is 37.8 Å². The summed E-state index contributed by atoms with van der Waals surface area (Å²) in [5, 5.41) is 2.90.